The summed E-state index contributed by atoms with van der Waals surface area (Å²) in [5.74, 6) is 1.07. The first-order chi connectivity index (χ1) is 8.84. The molecule has 0 bridgehead atoms. The maximum Gasteiger partial charge on any atom is 0.220 e. The van der Waals surface area contributed by atoms with Crippen molar-refractivity contribution >= 4 is 5.91 Å². The number of hydrogen-bond acceptors (Lipinski definition) is 3. The Morgan fingerprint density at radius 3 is 3.17 bits per heavy atom. The monoisotopic (exact) mass is 250 g/mol. The zero-order valence-electron chi connectivity index (χ0n) is 10.7. The second-order valence-electron chi connectivity index (χ2n) is 4.82. The fourth-order valence-electron chi connectivity index (χ4n) is 2.32. The molecule has 1 atom stereocenters. The van der Waals surface area contributed by atoms with Gasteiger partial charge >= 0.3 is 0 Å². The van der Waals surface area contributed by atoms with Crippen LogP contribution in [0.5, 0.6) is 0 Å². The summed E-state index contributed by atoms with van der Waals surface area (Å²) < 4.78 is 0. The first-order valence-electron chi connectivity index (χ1n) is 6.83. The molecule has 0 aliphatic carbocycles. The van der Waals surface area contributed by atoms with Gasteiger partial charge in [0.05, 0.1) is 0 Å². The summed E-state index contributed by atoms with van der Waals surface area (Å²) in [5, 5.41) is 6.39. The minimum absolute atomic E-state index is 0.147. The maximum absolute atomic E-state index is 11.6. The molecule has 1 fully saturated rings. The number of aromatic amines is 1. The van der Waals surface area contributed by atoms with Crippen LogP contribution in [0.25, 0.3) is 0 Å². The Bertz CT molecular complexity index is 344. The van der Waals surface area contributed by atoms with Crippen LogP contribution >= 0.6 is 0 Å². The molecule has 3 N–H and O–H groups in total. The van der Waals surface area contributed by atoms with Crippen LogP contribution < -0.4 is 10.6 Å². The SMILES string of the molecule is O=C(CCC1CCCCN1)NCCc1ncc[nH]1. The number of rotatable bonds is 6. The van der Waals surface area contributed by atoms with E-state index < -0.39 is 0 Å². The van der Waals surface area contributed by atoms with Crippen molar-refractivity contribution in [1.82, 2.24) is 20.6 Å². The van der Waals surface area contributed by atoms with E-state index in [1.165, 1.54) is 19.3 Å². The van der Waals surface area contributed by atoms with Crippen molar-refractivity contribution in [1.29, 1.82) is 0 Å². The second-order valence-corrected chi connectivity index (χ2v) is 4.82. The minimum atomic E-state index is 0.147. The van der Waals surface area contributed by atoms with Crippen LogP contribution in [-0.2, 0) is 11.2 Å². The number of amides is 1. The number of hydrogen-bond donors (Lipinski definition) is 3. The Balaban J connectivity index is 1.54. The third kappa shape index (κ3) is 4.49. The molecule has 1 aliphatic rings. The molecule has 1 amide bonds. The normalized spacial score (nSPS) is 19.7. The highest BCUT2D eigenvalue weighted by Crippen LogP contribution is 2.11. The first kappa shape index (κ1) is 13.1. The summed E-state index contributed by atoms with van der Waals surface area (Å²) in [5.41, 5.74) is 0. The van der Waals surface area contributed by atoms with Crippen molar-refractivity contribution in [3.63, 3.8) is 0 Å². The lowest BCUT2D eigenvalue weighted by molar-refractivity contribution is -0.121. The van der Waals surface area contributed by atoms with Crippen LogP contribution in [-0.4, -0.2) is 35.0 Å². The summed E-state index contributed by atoms with van der Waals surface area (Å²) in [7, 11) is 0. The Morgan fingerprint density at radius 2 is 2.44 bits per heavy atom. The second kappa shape index (κ2) is 7.16. The highest BCUT2D eigenvalue weighted by Gasteiger charge is 2.13. The molecule has 2 rings (SSSR count). The van der Waals surface area contributed by atoms with Gasteiger partial charge < -0.3 is 15.6 Å². The van der Waals surface area contributed by atoms with Gasteiger partial charge in [0.15, 0.2) is 0 Å². The van der Waals surface area contributed by atoms with E-state index in [0.29, 0.717) is 19.0 Å². The number of aromatic nitrogens is 2. The van der Waals surface area contributed by atoms with E-state index in [-0.39, 0.29) is 5.91 Å². The number of nitrogens with one attached hydrogen (secondary N) is 3. The standard InChI is InChI=1S/C13H22N4O/c18-13(5-4-11-3-1-2-7-14-11)17-8-6-12-15-9-10-16-12/h9-11,14H,1-8H2,(H,15,16)(H,17,18). The summed E-state index contributed by atoms with van der Waals surface area (Å²) in [6, 6.07) is 0.537. The third-order valence-corrected chi connectivity index (χ3v) is 3.37. The van der Waals surface area contributed by atoms with E-state index >= 15 is 0 Å². The fraction of sp³-hybridized carbons (Fsp3) is 0.692. The molecule has 1 aromatic heterocycles. The highest BCUT2D eigenvalue weighted by molar-refractivity contribution is 5.75. The molecule has 5 nitrogen and oxygen atoms in total. The van der Waals surface area contributed by atoms with Crippen molar-refractivity contribution in [2.24, 2.45) is 0 Å². The average molecular weight is 250 g/mol. The lowest BCUT2D eigenvalue weighted by Crippen LogP contribution is -2.35. The van der Waals surface area contributed by atoms with Crippen molar-refractivity contribution in [2.45, 2.75) is 44.6 Å². The van der Waals surface area contributed by atoms with Gasteiger partial charge in [0.25, 0.3) is 0 Å². The van der Waals surface area contributed by atoms with E-state index in [1.807, 2.05) is 0 Å². The van der Waals surface area contributed by atoms with Crippen LogP contribution in [0.2, 0.25) is 0 Å². The van der Waals surface area contributed by atoms with Gasteiger partial charge in [-0.2, -0.15) is 0 Å². The Hall–Kier alpha value is -1.36. The molecule has 0 spiro atoms. The molecule has 0 aromatic carbocycles. The number of carbonyl (C=O) groups excluding carboxylic acids is 1. The van der Waals surface area contributed by atoms with E-state index in [9.17, 15) is 4.79 Å². The van der Waals surface area contributed by atoms with E-state index in [4.69, 9.17) is 0 Å². The van der Waals surface area contributed by atoms with Crippen LogP contribution in [0.1, 0.15) is 37.9 Å². The number of carbonyl (C=O) groups is 1. The summed E-state index contributed by atoms with van der Waals surface area (Å²) in [6.45, 7) is 1.76. The van der Waals surface area contributed by atoms with Crippen molar-refractivity contribution in [3.8, 4) is 0 Å². The van der Waals surface area contributed by atoms with Gasteiger partial charge in [0.2, 0.25) is 5.91 Å². The minimum Gasteiger partial charge on any atom is -0.356 e. The molecule has 0 saturated carbocycles. The van der Waals surface area contributed by atoms with E-state index in [0.717, 1.165) is 25.2 Å². The van der Waals surface area contributed by atoms with Crippen LogP contribution in [0.4, 0.5) is 0 Å². The molecule has 5 heteroatoms. The van der Waals surface area contributed by atoms with Gasteiger partial charge in [-0.15, -0.1) is 0 Å². The Labute approximate surface area is 108 Å². The quantitative estimate of drug-likeness (QED) is 0.705. The largest absolute Gasteiger partial charge is 0.356 e. The van der Waals surface area contributed by atoms with Crippen LogP contribution in [0.15, 0.2) is 12.4 Å². The van der Waals surface area contributed by atoms with Gasteiger partial charge in [-0.05, 0) is 25.8 Å². The topological polar surface area (TPSA) is 69.8 Å². The third-order valence-electron chi connectivity index (χ3n) is 3.37. The predicted octanol–water partition coefficient (Wildman–Crippen LogP) is 0.991. The molecule has 1 unspecified atom stereocenters. The number of imidazole rings is 1. The average Bonchev–Trinajstić information content (AvgIpc) is 2.91. The predicted molar refractivity (Wildman–Crippen MR) is 70.2 cm³/mol. The highest BCUT2D eigenvalue weighted by atomic mass is 16.1. The molecule has 0 radical (unpaired) electrons. The Morgan fingerprint density at radius 1 is 1.50 bits per heavy atom. The number of H-pyrrole nitrogens is 1. The molecular formula is C13H22N4O. The molecule has 1 aliphatic heterocycles. The lowest BCUT2D eigenvalue weighted by atomic mass is 10.0. The van der Waals surface area contributed by atoms with Gasteiger partial charge in [-0.1, -0.05) is 6.42 Å². The summed E-state index contributed by atoms with van der Waals surface area (Å²) >= 11 is 0. The van der Waals surface area contributed by atoms with Crippen molar-refractivity contribution in [2.75, 3.05) is 13.1 Å². The molecule has 1 saturated heterocycles. The molecule has 18 heavy (non-hydrogen) atoms. The van der Waals surface area contributed by atoms with Gasteiger partial charge in [-0.3, -0.25) is 4.79 Å². The molecular weight excluding hydrogens is 228 g/mol. The van der Waals surface area contributed by atoms with Crippen molar-refractivity contribution < 1.29 is 4.79 Å². The number of piperidine rings is 1. The van der Waals surface area contributed by atoms with Crippen molar-refractivity contribution in [3.05, 3.63) is 18.2 Å². The number of nitrogens with zero attached hydrogens (tertiary/aromatic N) is 1. The fourth-order valence-corrected chi connectivity index (χ4v) is 2.32. The van der Waals surface area contributed by atoms with Gasteiger partial charge in [-0.25, -0.2) is 4.98 Å². The zero-order chi connectivity index (χ0) is 12.6. The summed E-state index contributed by atoms with van der Waals surface area (Å²) in [6.07, 6.45) is 9.63. The molecule has 1 aromatic rings. The van der Waals surface area contributed by atoms with Crippen LogP contribution in [0, 0.1) is 0 Å². The smallest absolute Gasteiger partial charge is 0.220 e. The maximum atomic E-state index is 11.6. The zero-order valence-corrected chi connectivity index (χ0v) is 10.7. The van der Waals surface area contributed by atoms with Crippen LogP contribution in [0.3, 0.4) is 0 Å². The summed E-state index contributed by atoms with van der Waals surface area (Å²) in [4.78, 5) is 18.8. The van der Waals surface area contributed by atoms with E-state index in [1.54, 1.807) is 12.4 Å². The first-order valence-corrected chi connectivity index (χ1v) is 6.83. The van der Waals surface area contributed by atoms with E-state index in [2.05, 4.69) is 20.6 Å². The van der Waals surface area contributed by atoms with Gasteiger partial charge in [0, 0.05) is 37.8 Å². The Kier molecular flexibility index (Phi) is 5.20. The van der Waals surface area contributed by atoms with Gasteiger partial charge in [0.1, 0.15) is 5.82 Å². The molecule has 100 valence electrons. The lowest BCUT2D eigenvalue weighted by Gasteiger charge is -2.23. The molecule has 2 heterocycles.